The van der Waals surface area contributed by atoms with Crippen LogP contribution in [-0.4, -0.2) is 15.5 Å². The maximum Gasteiger partial charge on any atom is 0.326 e. The van der Waals surface area contributed by atoms with Crippen molar-refractivity contribution >= 4 is 22.6 Å². The Labute approximate surface area is 144 Å². The van der Waals surface area contributed by atoms with Crippen LogP contribution in [0.15, 0.2) is 54.6 Å². The van der Waals surface area contributed by atoms with Crippen molar-refractivity contribution in [2.24, 2.45) is 0 Å². The second kappa shape index (κ2) is 6.76. The molecule has 2 aromatic carbocycles. The third-order valence-electron chi connectivity index (χ3n) is 4.18. The minimum Gasteiger partial charge on any atom is -0.456 e. The van der Waals surface area contributed by atoms with E-state index in [2.05, 4.69) is 0 Å². The molecule has 1 atom stereocenters. The van der Waals surface area contributed by atoms with Crippen LogP contribution in [0.3, 0.4) is 0 Å². The number of aryl methyl sites for hydroxylation is 1. The van der Waals surface area contributed by atoms with Gasteiger partial charge in [-0.2, -0.15) is 0 Å². The highest BCUT2D eigenvalue weighted by molar-refractivity contribution is 5.83. The zero-order valence-corrected chi connectivity index (χ0v) is 14.0. The first-order valence-corrected chi connectivity index (χ1v) is 7.95. The minimum absolute atomic E-state index is 0.0506. The fourth-order valence-corrected chi connectivity index (χ4v) is 2.98. The molecule has 0 saturated carbocycles. The van der Waals surface area contributed by atoms with E-state index in [1.165, 1.54) is 6.07 Å². The van der Waals surface area contributed by atoms with Crippen LogP contribution in [0.1, 0.15) is 24.3 Å². The van der Waals surface area contributed by atoms with E-state index in [-0.39, 0.29) is 12.2 Å². The van der Waals surface area contributed by atoms with Gasteiger partial charge in [0.2, 0.25) is 0 Å². The van der Waals surface area contributed by atoms with Gasteiger partial charge in [0.05, 0.1) is 10.5 Å². The first kappa shape index (κ1) is 16.7. The lowest BCUT2D eigenvalue weighted by atomic mass is 10.1. The standard InChI is InChI=1S/C19H18N2O4/c1-13-11-15-7-3-5-9-17(15)20(13)12-19(22)25-14(2)16-8-4-6-10-18(16)21(23)24/h3-11,14H,12H2,1-2H3. The van der Waals surface area contributed by atoms with E-state index in [1.807, 2.05) is 41.8 Å². The molecule has 0 fully saturated rings. The van der Waals surface area contributed by atoms with Gasteiger partial charge in [-0.1, -0.05) is 30.3 Å². The Hall–Kier alpha value is -3.15. The predicted molar refractivity (Wildman–Crippen MR) is 94.3 cm³/mol. The topological polar surface area (TPSA) is 74.4 Å². The number of hydrogen-bond donors (Lipinski definition) is 0. The van der Waals surface area contributed by atoms with Crippen molar-refractivity contribution in [3.8, 4) is 0 Å². The Morgan fingerprint density at radius 1 is 1.20 bits per heavy atom. The number of para-hydroxylation sites is 2. The highest BCUT2D eigenvalue weighted by atomic mass is 16.6. The highest BCUT2D eigenvalue weighted by Gasteiger charge is 2.21. The number of esters is 1. The number of carbonyl (C=O) groups is 1. The van der Waals surface area contributed by atoms with Gasteiger partial charge in [-0.05, 0) is 37.4 Å². The molecule has 1 heterocycles. The van der Waals surface area contributed by atoms with Crippen LogP contribution < -0.4 is 0 Å². The minimum atomic E-state index is -0.698. The summed E-state index contributed by atoms with van der Waals surface area (Å²) in [5, 5.41) is 12.2. The van der Waals surface area contributed by atoms with Crippen LogP contribution in [0.2, 0.25) is 0 Å². The third-order valence-corrected chi connectivity index (χ3v) is 4.18. The molecule has 0 saturated heterocycles. The van der Waals surface area contributed by atoms with Gasteiger partial charge < -0.3 is 9.30 Å². The Balaban J connectivity index is 1.79. The summed E-state index contributed by atoms with van der Waals surface area (Å²) in [6.45, 7) is 3.63. The predicted octanol–water partition coefficient (Wildman–Crippen LogP) is 4.16. The van der Waals surface area contributed by atoms with E-state index in [1.54, 1.807) is 25.1 Å². The fraction of sp³-hybridized carbons (Fsp3) is 0.211. The van der Waals surface area contributed by atoms with Gasteiger partial charge in [-0.15, -0.1) is 0 Å². The molecule has 0 bridgehead atoms. The molecule has 0 spiro atoms. The van der Waals surface area contributed by atoms with Crippen LogP contribution >= 0.6 is 0 Å². The summed E-state index contributed by atoms with van der Waals surface area (Å²) < 4.78 is 7.32. The van der Waals surface area contributed by atoms with Crippen molar-refractivity contribution in [2.75, 3.05) is 0 Å². The fourth-order valence-electron chi connectivity index (χ4n) is 2.98. The highest BCUT2D eigenvalue weighted by Crippen LogP contribution is 2.27. The van der Waals surface area contributed by atoms with Gasteiger partial charge in [0, 0.05) is 17.3 Å². The second-order valence-electron chi connectivity index (χ2n) is 5.88. The Bertz CT molecular complexity index is 946. The average Bonchev–Trinajstić information content (AvgIpc) is 2.90. The summed E-state index contributed by atoms with van der Waals surface area (Å²) in [6, 6.07) is 16.1. The lowest BCUT2D eigenvalue weighted by Crippen LogP contribution is -2.17. The van der Waals surface area contributed by atoms with Gasteiger partial charge in [0.25, 0.3) is 5.69 Å². The van der Waals surface area contributed by atoms with Gasteiger partial charge in [0.1, 0.15) is 12.6 Å². The number of nitrogens with zero attached hydrogens (tertiary/aromatic N) is 2. The molecule has 6 nitrogen and oxygen atoms in total. The quantitative estimate of drug-likeness (QED) is 0.398. The Morgan fingerprint density at radius 3 is 2.64 bits per heavy atom. The average molecular weight is 338 g/mol. The molecule has 3 aromatic rings. The number of hydrogen-bond acceptors (Lipinski definition) is 4. The molecule has 0 aliphatic carbocycles. The Kier molecular flexibility index (Phi) is 4.52. The summed E-state index contributed by atoms with van der Waals surface area (Å²) in [6.07, 6.45) is -0.698. The zero-order chi connectivity index (χ0) is 18.0. The van der Waals surface area contributed by atoms with Crippen LogP contribution in [0, 0.1) is 17.0 Å². The number of aromatic nitrogens is 1. The molecule has 0 aliphatic heterocycles. The van der Waals surface area contributed by atoms with Crippen molar-refractivity contribution < 1.29 is 14.5 Å². The summed E-state index contributed by atoms with van der Waals surface area (Å²) >= 11 is 0. The largest absolute Gasteiger partial charge is 0.456 e. The van der Waals surface area contributed by atoms with Crippen molar-refractivity contribution in [2.45, 2.75) is 26.5 Å². The first-order chi connectivity index (χ1) is 12.0. The van der Waals surface area contributed by atoms with Gasteiger partial charge in [-0.3, -0.25) is 14.9 Å². The van der Waals surface area contributed by atoms with E-state index < -0.39 is 17.0 Å². The number of fused-ring (bicyclic) bond motifs is 1. The molecule has 1 aromatic heterocycles. The van der Waals surface area contributed by atoms with Gasteiger partial charge in [0.15, 0.2) is 0 Å². The zero-order valence-electron chi connectivity index (χ0n) is 14.0. The summed E-state index contributed by atoms with van der Waals surface area (Å²) in [5.41, 5.74) is 2.24. The number of nitro groups is 1. The molecule has 1 unspecified atom stereocenters. The van der Waals surface area contributed by atoms with Crippen molar-refractivity contribution in [3.05, 3.63) is 76.0 Å². The lowest BCUT2D eigenvalue weighted by molar-refractivity contribution is -0.386. The van der Waals surface area contributed by atoms with E-state index in [9.17, 15) is 14.9 Å². The molecule has 0 aliphatic rings. The monoisotopic (exact) mass is 338 g/mol. The van der Waals surface area contributed by atoms with E-state index in [0.717, 1.165) is 16.6 Å². The molecular weight excluding hydrogens is 320 g/mol. The van der Waals surface area contributed by atoms with Crippen molar-refractivity contribution in [1.82, 2.24) is 4.57 Å². The van der Waals surface area contributed by atoms with E-state index >= 15 is 0 Å². The molecule has 25 heavy (non-hydrogen) atoms. The number of nitro benzene ring substituents is 1. The first-order valence-electron chi connectivity index (χ1n) is 7.95. The number of ether oxygens (including phenoxy) is 1. The van der Waals surface area contributed by atoms with Crippen LogP contribution in [0.25, 0.3) is 10.9 Å². The van der Waals surface area contributed by atoms with Gasteiger partial charge in [-0.25, -0.2) is 0 Å². The van der Waals surface area contributed by atoms with E-state index in [4.69, 9.17) is 4.74 Å². The Morgan fingerprint density at radius 2 is 1.88 bits per heavy atom. The van der Waals surface area contributed by atoms with Crippen LogP contribution in [0.5, 0.6) is 0 Å². The summed E-state index contributed by atoms with van der Waals surface area (Å²) in [5.74, 6) is -0.435. The lowest BCUT2D eigenvalue weighted by Gasteiger charge is -2.15. The SMILES string of the molecule is Cc1cc2ccccc2n1CC(=O)OC(C)c1ccccc1[N+](=O)[O-]. The van der Waals surface area contributed by atoms with Gasteiger partial charge >= 0.3 is 5.97 Å². The molecule has 6 heteroatoms. The maximum atomic E-state index is 12.4. The molecule has 3 rings (SSSR count). The van der Waals surface area contributed by atoms with Crippen molar-refractivity contribution in [3.63, 3.8) is 0 Å². The van der Waals surface area contributed by atoms with Crippen LogP contribution in [0.4, 0.5) is 5.69 Å². The summed E-state index contributed by atoms with van der Waals surface area (Å²) in [4.78, 5) is 23.0. The number of carbonyl (C=O) groups excluding carboxylic acids is 1. The third kappa shape index (κ3) is 3.38. The smallest absolute Gasteiger partial charge is 0.326 e. The van der Waals surface area contributed by atoms with Crippen molar-refractivity contribution in [1.29, 1.82) is 0 Å². The number of rotatable bonds is 5. The normalized spacial score (nSPS) is 12.1. The van der Waals surface area contributed by atoms with Crippen LogP contribution in [-0.2, 0) is 16.1 Å². The van der Waals surface area contributed by atoms with E-state index in [0.29, 0.717) is 5.56 Å². The number of benzene rings is 2. The second-order valence-corrected chi connectivity index (χ2v) is 5.88. The molecule has 0 amide bonds. The summed E-state index contributed by atoms with van der Waals surface area (Å²) in [7, 11) is 0. The molecule has 0 N–H and O–H groups in total. The maximum absolute atomic E-state index is 12.4. The molecule has 0 radical (unpaired) electrons. The molecular formula is C19H18N2O4. The molecule has 128 valence electrons.